The van der Waals surface area contributed by atoms with E-state index in [4.69, 9.17) is 14.2 Å². The van der Waals surface area contributed by atoms with E-state index >= 15 is 0 Å². The Morgan fingerprint density at radius 3 is 2.41 bits per heavy atom. The van der Waals surface area contributed by atoms with E-state index in [1.54, 1.807) is 31.2 Å². The molecule has 1 atom stereocenters. The van der Waals surface area contributed by atoms with Crippen LogP contribution < -0.4 is 9.64 Å². The lowest BCUT2D eigenvalue weighted by molar-refractivity contribution is -0.139. The number of nitrogens with zero attached hydrogens (tertiary/aromatic N) is 1. The largest absolute Gasteiger partial charge is 0.496 e. The van der Waals surface area contributed by atoms with Crippen LogP contribution in [0, 0.1) is 0 Å². The number of carbonyl (C=O) groups excluding carboxylic acids is 5. The van der Waals surface area contributed by atoms with Crippen LogP contribution in [0.5, 0.6) is 5.75 Å². The zero-order valence-electron chi connectivity index (χ0n) is 18.6. The van der Waals surface area contributed by atoms with Crippen molar-refractivity contribution < 1.29 is 38.2 Å². The number of ketones is 1. The van der Waals surface area contributed by atoms with Crippen molar-refractivity contribution in [3.8, 4) is 5.75 Å². The summed E-state index contributed by atoms with van der Waals surface area (Å²) in [5.74, 6) is -2.06. The van der Waals surface area contributed by atoms with Gasteiger partial charge in [-0.2, -0.15) is 0 Å². The second-order valence-corrected chi connectivity index (χ2v) is 8.31. The van der Waals surface area contributed by atoms with Crippen molar-refractivity contribution >= 4 is 47.0 Å². The molecular weight excluding hydrogens is 462 g/mol. The quantitative estimate of drug-likeness (QED) is 0.284. The Morgan fingerprint density at radius 2 is 1.74 bits per heavy atom. The Morgan fingerprint density at radius 1 is 1.03 bits per heavy atom. The van der Waals surface area contributed by atoms with Crippen molar-refractivity contribution in [1.29, 1.82) is 0 Å². The molecule has 1 heterocycles. The molecule has 0 aliphatic carbocycles. The molecule has 0 saturated carbocycles. The van der Waals surface area contributed by atoms with Crippen molar-refractivity contribution in [2.45, 2.75) is 18.6 Å². The topological polar surface area (TPSA) is 116 Å². The highest BCUT2D eigenvalue weighted by Gasteiger charge is 2.40. The number of methoxy groups -OCH3 is 1. The molecular formula is C24H23NO8S. The monoisotopic (exact) mass is 485 g/mol. The lowest BCUT2D eigenvalue weighted by Gasteiger charge is -2.15. The van der Waals surface area contributed by atoms with Gasteiger partial charge in [-0.05, 0) is 43.3 Å². The number of carbonyl (C=O) groups is 5. The van der Waals surface area contributed by atoms with Crippen LogP contribution >= 0.6 is 11.8 Å². The molecule has 1 aliphatic heterocycles. The number of ether oxygens (including phenoxy) is 3. The fourth-order valence-electron chi connectivity index (χ4n) is 3.29. The Bertz CT molecular complexity index is 1100. The first kappa shape index (κ1) is 25.0. The third kappa shape index (κ3) is 5.82. The van der Waals surface area contributed by atoms with Crippen LogP contribution in [0.2, 0.25) is 0 Å². The van der Waals surface area contributed by atoms with Crippen LogP contribution in [-0.4, -0.2) is 60.9 Å². The SMILES string of the molecule is CCOC(=O)CSC1CC(=O)N(c2ccc(C(=O)OCC(=O)c3ccccc3OC)cc2)C1=O. The highest BCUT2D eigenvalue weighted by Crippen LogP contribution is 2.30. The summed E-state index contributed by atoms with van der Waals surface area (Å²) in [6.45, 7) is 1.46. The van der Waals surface area contributed by atoms with Gasteiger partial charge < -0.3 is 14.2 Å². The molecule has 10 heteroatoms. The smallest absolute Gasteiger partial charge is 0.338 e. The molecule has 1 fully saturated rings. The Balaban J connectivity index is 1.59. The molecule has 178 valence electrons. The highest BCUT2D eigenvalue weighted by atomic mass is 32.2. The van der Waals surface area contributed by atoms with Crippen molar-refractivity contribution in [2.75, 3.05) is 31.0 Å². The van der Waals surface area contributed by atoms with Crippen molar-refractivity contribution in [1.82, 2.24) is 0 Å². The zero-order chi connectivity index (χ0) is 24.7. The molecule has 0 spiro atoms. The lowest BCUT2D eigenvalue weighted by Crippen LogP contribution is -2.31. The zero-order valence-corrected chi connectivity index (χ0v) is 19.5. The van der Waals surface area contributed by atoms with E-state index in [2.05, 4.69) is 0 Å². The average molecular weight is 486 g/mol. The van der Waals surface area contributed by atoms with E-state index in [-0.39, 0.29) is 24.3 Å². The second kappa shape index (κ2) is 11.5. The van der Waals surface area contributed by atoms with Gasteiger partial charge in [-0.1, -0.05) is 12.1 Å². The van der Waals surface area contributed by atoms with Gasteiger partial charge in [0.15, 0.2) is 6.61 Å². The van der Waals surface area contributed by atoms with Crippen molar-refractivity contribution in [2.24, 2.45) is 0 Å². The summed E-state index contributed by atoms with van der Waals surface area (Å²) in [4.78, 5) is 62.3. The van der Waals surface area contributed by atoms with E-state index in [0.29, 0.717) is 17.0 Å². The maximum Gasteiger partial charge on any atom is 0.338 e. The summed E-state index contributed by atoms with van der Waals surface area (Å²) in [6.07, 6.45) is -0.0300. The normalized spacial score (nSPS) is 15.2. The number of amides is 2. The Kier molecular flexibility index (Phi) is 8.42. The first-order chi connectivity index (χ1) is 16.3. The predicted octanol–water partition coefficient (Wildman–Crippen LogP) is 2.66. The lowest BCUT2D eigenvalue weighted by atomic mass is 10.1. The van der Waals surface area contributed by atoms with Gasteiger partial charge >= 0.3 is 11.9 Å². The van der Waals surface area contributed by atoms with Gasteiger partial charge in [0, 0.05) is 6.42 Å². The first-order valence-electron chi connectivity index (χ1n) is 10.4. The number of anilines is 1. The van der Waals surface area contributed by atoms with Crippen LogP contribution in [0.25, 0.3) is 0 Å². The molecule has 3 rings (SSSR count). The minimum Gasteiger partial charge on any atom is -0.496 e. The molecule has 1 saturated heterocycles. The summed E-state index contributed by atoms with van der Waals surface area (Å²) in [7, 11) is 1.44. The number of Topliss-reactive ketones (excluding diaryl/α,β-unsaturated/α-hetero) is 1. The molecule has 2 aromatic carbocycles. The standard InChI is InChI=1S/C24H23NO8S/c1-3-32-22(28)14-34-20-12-21(27)25(23(20)29)16-10-8-15(9-11-16)24(30)33-13-18(26)17-6-4-5-7-19(17)31-2/h4-11,20H,3,12-14H2,1-2H3. The minimum absolute atomic E-state index is 0.0241. The maximum absolute atomic E-state index is 12.7. The van der Waals surface area contributed by atoms with Crippen LogP contribution in [0.15, 0.2) is 48.5 Å². The molecule has 9 nitrogen and oxygen atoms in total. The molecule has 34 heavy (non-hydrogen) atoms. The number of hydrogen-bond donors (Lipinski definition) is 0. The third-order valence-corrected chi connectivity index (χ3v) is 6.09. The fraction of sp³-hybridized carbons (Fsp3) is 0.292. The van der Waals surface area contributed by atoms with Crippen LogP contribution in [0.1, 0.15) is 34.1 Å². The van der Waals surface area contributed by atoms with Crippen molar-refractivity contribution in [3.05, 3.63) is 59.7 Å². The van der Waals surface area contributed by atoms with E-state index in [1.165, 1.54) is 31.4 Å². The number of imide groups is 1. The van der Waals surface area contributed by atoms with E-state index in [9.17, 15) is 24.0 Å². The molecule has 1 aliphatic rings. The number of para-hydroxylation sites is 1. The van der Waals surface area contributed by atoms with E-state index in [1.807, 2.05) is 0 Å². The summed E-state index contributed by atoms with van der Waals surface area (Å²) in [5.41, 5.74) is 0.759. The summed E-state index contributed by atoms with van der Waals surface area (Å²) < 4.78 is 15.1. The van der Waals surface area contributed by atoms with Gasteiger partial charge in [0.2, 0.25) is 17.6 Å². The summed E-state index contributed by atoms with van der Waals surface area (Å²) in [5, 5.41) is -0.678. The average Bonchev–Trinajstić information content (AvgIpc) is 3.13. The molecule has 2 aromatic rings. The predicted molar refractivity (Wildman–Crippen MR) is 124 cm³/mol. The van der Waals surface area contributed by atoms with Crippen LogP contribution in [0.3, 0.4) is 0 Å². The molecule has 2 amide bonds. The molecule has 0 radical (unpaired) electrons. The fourth-order valence-corrected chi connectivity index (χ4v) is 4.22. The number of thioether (sulfide) groups is 1. The van der Waals surface area contributed by atoms with Gasteiger partial charge in [-0.25, -0.2) is 9.69 Å². The third-order valence-electron chi connectivity index (χ3n) is 4.92. The molecule has 1 unspecified atom stereocenters. The van der Waals surface area contributed by atoms with E-state index in [0.717, 1.165) is 16.7 Å². The highest BCUT2D eigenvalue weighted by molar-refractivity contribution is 8.01. The van der Waals surface area contributed by atoms with Gasteiger partial charge in [0.1, 0.15) is 5.75 Å². The Hall–Kier alpha value is -3.66. The summed E-state index contributed by atoms with van der Waals surface area (Å²) in [6, 6.07) is 12.3. The molecule has 0 bridgehead atoms. The number of esters is 2. The van der Waals surface area contributed by atoms with Crippen LogP contribution in [-0.2, 0) is 23.9 Å². The van der Waals surface area contributed by atoms with Gasteiger partial charge in [-0.15, -0.1) is 11.8 Å². The van der Waals surface area contributed by atoms with Crippen LogP contribution in [0.4, 0.5) is 5.69 Å². The van der Waals surface area contributed by atoms with Gasteiger partial charge in [-0.3, -0.25) is 19.2 Å². The summed E-state index contributed by atoms with van der Waals surface area (Å²) >= 11 is 1.06. The number of rotatable bonds is 10. The second-order valence-electron chi connectivity index (χ2n) is 7.12. The number of hydrogen-bond acceptors (Lipinski definition) is 9. The first-order valence-corrected chi connectivity index (χ1v) is 11.5. The molecule has 0 N–H and O–H groups in total. The van der Waals surface area contributed by atoms with E-state index < -0.39 is 41.4 Å². The maximum atomic E-state index is 12.7. The molecule has 0 aromatic heterocycles. The van der Waals surface area contributed by atoms with Gasteiger partial charge in [0.25, 0.3) is 0 Å². The minimum atomic E-state index is -0.725. The van der Waals surface area contributed by atoms with Gasteiger partial charge in [0.05, 0.1) is 41.5 Å². The van der Waals surface area contributed by atoms with Crippen molar-refractivity contribution in [3.63, 3.8) is 0 Å². The number of benzene rings is 2. The Labute approximate surface area is 200 Å².